The van der Waals surface area contributed by atoms with Gasteiger partial charge >= 0.3 is 11.9 Å². The molecule has 1 aliphatic rings. The summed E-state index contributed by atoms with van der Waals surface area (Å²) in [5, 5.41) is 0. The molecule has 0 unspecified atom stereocenters. The molecule has 1 fully saturated rings. The van der Waals surface area contributed by atoms with Crippen molar-refractivity contribution >= 4 is 11.9 Å². The Kier molecular flexibility index (Phi) is 4.20. The first-order valence-corrected chi connectivity index (χ1v) is 6.21. The standard InChI is InChI=1S/C15H16O5/c1-15(10-19-15)12(8-9-13(16)18-2)20-14(17)11-6-4-3-5-7-11/h3-9,12H,10H2,1-2H3/b9-8+/t12-,15-/m0/s1. The molecule has 1 aliphatic heterocycles. The van der Waals surface area contributed by atoms with Crippen LogP contribution >= 0.6 is 0 Å². The van der Waals surface area contributed by atoms with Crippen LogP contribution in [0, 0.1) is 0 Å². The number of hydrogen-bond donors (Lipinski definition) is 0. The van der Waals surface area contributed by atoms with Crippen molar-refractivity contribution in [2.24, 2.45) is 0 Å². The highest BCUT2D eigenvalue weighted by Gasteiger charge is 2.48. The number of epoxide rings is 1. The van der Waals surface area contributed by atoms with Crippen LogP contribution in [0.5, 0.6) is 0 Å². The molecule has 20 heavy (non-hydrogen) atoms. The molecule has 2 atom stereocenters. The lowest BCUT2D eigenvalue weighted by Crippen LogP contribution is -2.30. The van der Waals surface area contributed by atoms with E-state index in [1.54, 1.807) is 24.3 Å². The van der Waals surface area contributed by atoms with Crippen molar-refractivity contribution in [3.05, 3.63) is 48.0 Å². The van der Waals surface area contributed by atoms with Gasteiger partial charge in [0.1, 0.15) is 5.60 Å². The van der Waals surface area contributed by atoms with Crippen LogP contribution in [0.4, 0.5) is 0 Å². The van der Waals surface area contributed by atoms with E-state index in [0.29, 0.717) is 12.2 Å². The van der Waals surface area contributed by atoms with Crippen molar-refractivity contribution in [1.82, 2.24) is 0 Å². The lowest BCUT2D eigenvalue weighted by Gasteiger charge is -2.18. The fourth-order valence-corrected chi connectivity index (χ4v) is 1.64. The molecule has 5 nitrogen and oxygen atoms in total. The lowest BCUT2D eigenvalue weighted by atomic mass is 10.1. The van der Waals surface area contributed by atoms with E-state index in [9.17, 15) is 9.59 Å². The lowest BCUT2D eigenvalue weighted by molar-refractivity contribution is -0.134. The van der Waals surface area contributed by atoms with Crippen molar-refractivity contribution in [3.63, 3.8) is 0 Å². The van der Waals surface area contributed by atoms with Gasteiger partial charge in [0.05, 0.1) is 19.3 Å². The molecule has 5 heteroatoms. The summed E-state index contributed by atoms with van der Waals surface area (Å²) in [5.41, 5.74) is -0.122. The van der Waals surface area contributed by atoms with Gasteiger partial charge in [0, 0.05) is 6.08 Å². The quantitative estimate of drug-likeness (QED) is 0.465. The monoisotopic (exact) mass is 276 g/mol. The second kappa shape index (κ2) is 5.88. The number of carbonyl (C=O) groups excluding carboxylic acids is 2. The number of esters is 2. The minimum atomic E-state index is -0.630. The zero-order valence-electron chi connectivity index (χ0n) is 11.4. The van der Waals surface area contributed by atoms with E-state index in [2.05, 4.69) is 4.74 Å². The van der Waals surface area contributed by atoms with Crippen LogP contribution < -0.4 is 0 Å². The second-order valence-electron chi connectivity index (χ2n) is 4.68. The molecule has 1 saturated heterocycles. The molecule has 1 aromatic rings. The van der Waals surface area contributed by atoms with Gasteiger partial charge in [-0.2, -0.15) is 0 Å². The molecule has 106 valence electrons. The van der Waals surface area contributed by atoms with E-state index in [1.165, 1.54) is 19.3 Å². The van der Waals surface area contributed by atoms with Crippen LogP contribution in [0.15, 0.2) is 42.5 Å². The number of ether oxygens (including phenoxy) is 3. The summed E-state index contributed by atoms with van der Waals surface area (Å²) in [4.78, 5) is 23.1. The van der Waals surface area contributed by atoms with E-state index >= 15 is 0 Å². The van der Waals surface area contributed by atoms with Crippen LogP contribution in [0.2, 0.25) is 0 Å². The largest absolute Gasteiger partial charge is 0.466 e. The zero-order valence-corrected chi connectivity index (χ0v) is 11.4. The van der Waals surface area contributed by atoms with Crippen LogP contribution in [0.25, 0.3) is 0 Å². The SMILES string of the molecule is COC(=O)/C=C/[C@H](OC(=O)c1ccccc1)[C@]1(C)CO1. The Morgan fingerprint density at radius 1 is 1.35 bits per heavy atom. The van der Waals surface area contributed by atoms with Crippen molar-refractivity contribution in [1.29, 1.82) is 0 Å². The summed E-state index contributed by atoms with van der Waals surface area (Å²) in [6.45, 7) is 2.29. The number of rotatable bonds is 5. The Morgan fingerprint density at radius 3 is 2.55 bits per heavy atom. The molecule has 0 aliphatic carbocycles. The Balaban J connectivity index is 2.07. The molecule has 0 radical (unpaired) electrons. The average Bonchev–Trinajstić information content (AvgIpc) is 3.22. The number of carbonyl (C=O) groups is 2. The molecule has 0 aromatic heterocycles. The maximum Gasteiger partial charge on any atom is 0.338 e. The maximum atomic E-state index is 12.0. The van der Waals surface area contributed by atoms with E-state index in [-0.39, 0.29) is 0 Å². The van der Waals surface area contributed by atoms with E-state index in [1.807, 2.05) is 13.0 Å². The normalized spacial score (nSPS) is 22.3. The number of benzene rings is 1. The highest BCUT2D eigenvalue weighted by atomic mass is 16.6. The summed E-state index contributed by atoms with van der Waals surface area (Å²) < 4.78 is 15.2. The molecule has 1 aromatic carbocycles. The Labute approximate surface area is 117 Å². The third-order valence-electron chi connectivity index (χ3n) is 3.05. The van der Waals surface area contributed by atoms with Gasteiger partial charge in [0.25, 0.3) is 0 Å². The molecular formula is C15H16O5. The minimum absolute atomic E-state index is 0.452. The van der Waals surface area contributed by atoms with E-state index in [4.69, 9.17) is 9.47 Å². The topological polar surface area (TPSA) is 65.1 Å². The minimum Gasteiger partial charge on any atom is -0.466 e. The van der Waals surface area contributed by atoms with E-state index in [0.717, 1.165) is 0 Å². The predicted molar refractivity (Wildman–Crippen MR) is 71.2 cm³/mol. The second-order valence-corrected chi connectivity index (χ2v) is 4.68. The van der Waals surface area contributed by atoms with Crippen molar-refractivity contribution in [2.45, 2.75) is 18.6 Å². The Morgan fingerprint density at radius 2 is 2.00 bits per heavy atom. The molecule has 0 saturated carbocycles. The average molecular weight is 276 g/mol. The van der Waals surface area contributed by atoms with Gasteiger partial charge in [-0.3, -0.25) is 0 Å². The summed E-state index contributed by atoms with van der Waals surface area (Å²) in [6, 6.07) is 8.66. The zero-order chi connectivity index (χ0) is 14.6. The first-order chi connectivity index (χ1) is 9.55. The summed E-state index contributed by atoms with van der Waals surface area (Å²) >= 11 is 0. The first kappa shape index (κ1) is 14.3. The molecular weight excluding hydrogens is 260 g/mol. The maximum absolute atomic E-state index is 12.0. The molecule has 0 spiro atoms. The van der Waals surface area contributed by atoms with Gasteiger partial charge in [-0.05, 0) is 25.1 Å². The third kappa shape index (κ3) is 3.45. The smallest absolute Gasteiger partial charge is 0.338 e. The fourth-order valence-electron chi connectivity index (χ4n) is 1.64. The highest BCUT2D eigenvalue weighted by molar-refractivity contribution is 5.89. The molecule has 1 heterocycles. The van der Waals surface area contributed by atoms with Crippen LogP contribution in [-0.4, -0.2) is 37.4 Å². The molecule has 0 N–H and O–H groups in total. The predicted octanol–water partition coefficient (Wildman–Crippen LogP) is 1.73. The van der Waals surface area contributed by atoms with Crippen molar-refractivity contribution in [3.8, 4) is 0 Å². The van der Waals surface area contributed by atoms with Crippen LogP contribution in [0.1, 0.15) is 17.3 Å². The fraction of sp³-hybridized carbons (Fsp3) is 0.333. The van der Waals surface area contributed by atoms with E-state index < -0.39 is 23.6 Å². The van der Waals surface area contributed by atoms with Gasteiger partial charge in [-0.15, -0.1) is 0 Å². The number of hydrogen-bond acceptors (Lipinski definition) is 5. The van der Waals surface area contributed by atoms with Crippen LogP contribution in [0.3, 0.4) is 0 Å². The van der Waals surface area contributed by atoms with Crippen LogP contribution in [-0.2, 0) is 19.0 Å². The summed E-state index contributed by atoms with van der Waals surface area (Å²) in [5.74, 6) is -0.961. The molecule has 2 rings (SSSR count). The van der Waals surface area contributed by atoms with Crippen molar-refractivity contribution < 1.29 is 23.8 Å². The molecule has 0 bridgehead atoms. The van der Waals surface area contributed by atoms with Gasteiger partial charge in [-0.25, -0.2) is 9.59 Å². The molecule has 0 amide bonds. The van der Waals surface area contributed by atoms with Crippen molar-refractivity contribution in [2.75, 3.05) is 13.7 Å². The number of methoxy groups -OCH3 is 1. The van der Waals surface area contributed by atoms with Gasteiger partial charge < -0.3 is 14.2 Å². The third-order valence-corrected chi connectivity index (χ3v) is 3.05. The van der Waals surface area contributed by atoms with Gasteiger partial charge in [-0.1, -0.05) is 18.2 Å². The Hall–Kier alpha value is -2.14. The first-order valence-electron chi connectivity index (χ1n) is 6.21. The Bertz CT molecular complexity index is 516. The highest BCUT2D eigenvalue weighted by Crippen LogP contribution is 2.33. The summed E-state index contributed by atoms with van der Waals surface area (Å²) in [6.07, 6.45) is 2.09. The van der Waals surface area contributed by atoms with Gasteiger partial charge in [0.15, 0.2) is 6.10 Å². The summed E-state index contributed by atoms with van der Waals surface area (Å²) in [7, 11) is 1.28. The van der Waals surface area contributed by atoms with Gasteiger partial charge in [0.2, 0.25) is 0 Å².